The maximum Gasteiger partial charge on any atom is 0.243 e. The average molecular weight is 401 g/mol. The normalized spacial score (nSPS) is 19.0. The minimum absolute atomic E-state index is 0.0489. The topological polar surface area (TPSA) is 61.7 Å². The lowest BCUT2D eigenvalue weighted by Gasteiger charge is -2.19. The minimum atomic E-state index is -0.0699. The highest BCUT2D eigenvalue weighted by Crippen LogP contribution is 2.47. The molecular formula is C26H28N2O2. The van der Waals surface area contributed by atoms with Gasteiger partial charge in [0, 0.05) is 16.9 Å². The number of amides is 1. The lowest BCUT2D eigenvalue weighted by atomic mass is 9.86. The third-order valence-electron chi connectivity index (χ3n) is 5.96. The van der Waals surface area contributed by atoms with E-state index in [0.717, 1.165) is 17.2 Å². The van der Waals surface area contributed by atoms with Crippen molar-refractivity contribution in [2.24, 2.45) is 11.0 Å². The van der Waals surface area contributed by atoms with Gasteiger partial charge in [-0.05, 0) is 47.3 Å². The standard InChI is InChI=1S/C26H28N2O2/c1-16(20-14-11-17-7-5-6-8-21(17)24(20)29)27-28-25(30)23-15-22(23)18-9-12-19(13-10-18)26(2,3)4/h5-14,22-23,29H,15H2,1-4H3,(H,28,30)/b27-16+/t22-,23+/m0/s1. The molecule has 3 aromatic rings. The van der Waals surface area contributed by atoms with Crippen molar-refractivity contribution in [2.75, 3.05) is 0 Å². The van der Waals surface area contributed by atoms with Crippen molar-refractivity contribution in [3.63, 3.8) is 0 Å². The molecule has 154 valence electrons. The highest BCUT2D eigenvalue weighted by Gasteiger charge is 2.44. The number of rotatable bonds is 4. The second-order valence-electron chi connectivity index (χ2n) is 9.18. The van der Waals surface area contributed by atoms with Gasteiger partial charge < -0.3 is 5.11 Å². The number of nitrogens with zero attached hydrogens (tertiary/aromatic N) is 1. The molecule has 1 aliphatic rings. The first kappa shape index (κ1) is 20.1. The molecule has 3 aromatic carbocycles. The molecule has 0 heterocycles. The Morgan fingerprint density at radius 1 is 1.03 bits per heavy atom. The summed E-state index contributed by atoms with van der Waals surface area (Å²) in [6.07, 6.45) is 0.844. The van der Waals surface area contributed by atoms with Gasteiger partial charge in [-0.2, -0.15) is 5.10 Å². The predicted octanol–water partition coefficient (Wildman–Crippen LogP) is 5.49. The van der Waals surface area contributed by atoms with Gasteiger partial charge >= 0.3 is 0 Å². The fourth-order valence-corrected chi connectivity index (χ4v) is 3.91. The van der Waals surface area contributed by atoms with Gasteiger partial charge in [0.25, 0.3) is 0 Å². The van der Waals surface area contributed by atoms with Crippen LogP contribution < -0.4 is 5.43 Å². The van der Waals surface area contributed by atoms with E-state index in [1.54, 1.807) is 6.92 Å². The molecule has 2 atom stereocenters. The van der Waals surface area contributed by atoms with Crippen LogP contribution in [-0.4, -0.2) is 16.7 Å². The van der Waals surface area contributed by atoms with E-state index in [1.807, 2.05) is 36.4 Å². The first-order valence-corrected chi connectivity index (χ1v) is 10.4. The lowest BCUT2D eigenvalue weighted by Crippen LogP contribution is -2.21. The zero-order valence-corrected chi connectivity index (χ0v) is 17.9. The molecule has 0 spiro atoms. The molecule has 0 unspecified atom stereocenters. The van der Waals surface area contributed by atoms with Gasteiger partial charge in [0.15, 0.2) is 0 Å². The maximum atomic E-state index is 12.6. The second kappa shape index (κ2) is 7.60. The first-order valence-electron chi connectivity index (χ1n) is 10.4. The molecule has 0 saturated heterocycles. The fourth-order valence-electron chi connectivity index (χ4n) is 3.91. The average Bonchev–Trinajstić information content (AvgIpc) is 3.53. The van der Waals surface area contributed by atoms with Crippen molar-refractivity contribution in [3.05, 3.63) is 77.4 Å². The Hall–Kier alpha value is -3.14. The van der Waals surface area contributed by atoms with Gasteiger partial charge in [-0.3, -0.25) is 4.79 Å². The van der Waals surface area contributed by atoms with Gasteiger partial charge in [0.2, 0.25) is 5.91 Å². The van der Waals surface area contributed by atoms with E-state index in [-0.39, 0.29) is 28.9 Å². The van der Waals surface area contributed by atoms with Crippen molar-refractivity contribution in [2.45, 2.75) is 45.4 Å². The maximum absolute atomic E-state index is 12.6. The van der Waals surface area contributed by atoms with Crippen LogP contribution in [0.1, 0.15) is 56.7 Å². The second-order valence-corrected chi connectivity index (χ2v) is 9.18. The number of phenolic OH excluding ortho intramolecular Hbond substituents is 1. The van der Waals surface area contributed by atoms with E-state index >= 15 is 0 Å². The molecule has 1 aliphatic carbocycles. The molecule has 1 fully saturated rings. The van der Waals surface area contributed by atoms with Crippen LogP contribution in [0.15, 0.2) is 65.8 Å². The van der Waals surface area contributed by atoms with Crippen LogP contribution in [0.4, 0.5) is 0 Å². The van der Waals surface area contributed by atoms with Gasteiger partial charge in [0.05, 0.1) is 5.71 Å². The number of hydrazone groups is 1. The highest BCUT2D eigenvalue weighted by molar-refractivity contribution is 6.06. The number of benzene rings is 3. The monoisotopic (exact) mass is 400 g/mol. The number of aromatic hydroxyl groups is 1. The van der Waals surface area contributed by atoms with E-state index in [4.69, 9.17) is 0 Å². The van der Waals surface area contributed by atoms with Crippen molar-refractivity contribution < 1.29 is 9.90 Å². The Morgan fingerprint density at radius 2 is 1.73 bits per heavy atom. The zero-order valence-electron chi connectivity index (χ0n) is 17.9. The third kappa shape index (κ3) is 3.95. The molecular weight excluding hydrogens is 372 g/mol. The Morgan fingerprint density at radius 3 is 2.43 bits per heavy atom. The summed E-state index contributed by atoms with van der Waals surface area (Å²) < 4.78 is 0. The fraction of sp³-hybridized carbons (Fsp3) is 0.308. The molecule has 0 radical (unpaired) electrons. The van der Waals surface area contributed by atoms with E-state index < -0.39 is 0 Å². The molecule has 0 aliphatic heterocycles. The van der Waals surface area contributed by atoms with E-state index in [2.05, 4.69) is 55.6 Å². The van der Waals surface area contributed by atoms with E-state index in [9.17, 15) is 9.90 Å². The van der Waals surface area contributed by atoms with Crippen molar-refractivity contribution in [3.8, 4) is 5.75 Å². The SMILES string of the molecule is C/C(=N\NC(=O)[C@@H]1C[C@H]1c1ccc(C(C)(C)C)cc1)c1ccc2ccccc2c1O. The number of hydrogen-bond acceptors (Lipinski definition) is 3. The van der Waals surface area contributed by atoms with Crippen LogP contribution in [0.5, 0.6) is 5.75 Å². The lowest BCUT2D eigenvalue weighted by molar-refractivity contribution is -0.122. The van der Waals surface area contributed by atoms with Gasteiger partial charge in [-0.25, -0.2) is 5.43 Å². The van der Waals surface area contributed by atoms with E-state index in [0.29, 0.717) is 11.3 Å². The highest BCUT2D eigenvalue weighted by atomic mass is 16.3. The first-order chi connectivity index (χ1) is 14.3. The molecule has 4 rings (SSSR count). The molecule has 0 aromatic heterocycles. The number of hydrogen-bond donors (Lipinski definition) is 2. The molecule has 30 heavy (non-hydrogen) atoms. The van der Waals surface area contributed by atoms with Gasteiger partial charge in [-0.1, -0.05) is 75.4 Å². The Labute approximate surface area is 177 Å². The number of carbonyl (C=O) groups excluding carboxylic acids is 1. The van der Waals surface area contributed by atoms with Crippen LogP contribution in [-0.2, 0) is 10.2 Å². The van der Waals surface area contributed by atoms with Crippen LogP contribution in [0.3, 0.4) is 0 Å². The zero-order chi connectivity index (χ0) is 21.5. The molecule has 4 nitrogen and oxygen atoms in total. The minimum Gasteiger partial charge on any atom is -0.507 e. The molecule has 0 bridgehead atoms. The quantitative estimate of drug-likeness (QED) is 0.449. The Kier molecular flexibility index (Phi) is 5.10. The summed E-state index contributed by atoms with van der Waals surface area (Å²) >= 11 is 0. The van der Waals surface area contributed by atoms with Gasteiger partial charge in [-0.15, -0.1) is 0 Å². The van der Waals surface area contributed by atoms with Crippen LogP contribution >= 0.6 is 0 Å². The smallest absolute Gasteiger partial charge is 0.243 e. The molecule has 1 amide bonds. The van der Waals surface area contributed by atoms with Crippen molar-refractivity contribution >= 4 is 22.4 Å². The molecule has 4 heteroatoms. The van der Waals surface area contributed by atoms with Crippen molar-refractivity contribution in [1.29, 1.82) is 0 Å². The molecule has 1 saturated carbocycles. The van der Waals surface area contributed by atoms with Crippen LogP contribution in [0.25, 0.3) is 10.8 Å². The summed E-state index contributed by atoms with van der Waals surface area (Å²) in [5.41, 5.74) is 6.52. The van der Waals surface area contributed by atoms with E-state index in [1.165, 1.54) is 11.1 Å². The van der Waals surface area contributed by atoms with Gasteiger partial charge in [0.1, 0.15) is 5.75 Å². The Balaban J connectivity index is 1.43. The Bertz CT molecular complexity index is 1120. The summed E-state index contributed by atoms with van der Waals surface area (Å²) in [5, 5.41) is 16.6. The summed E-state index contributed by atoms with van der Waals surface area (Å²) in [4.78, 5) is 12.6. The van der Waals surface area contributed by atoms with Crippen LogP contribution in [0.2, 0.25) is 0 Å². The summed E-state index contributed by atoms with van der Waals surface area (Å²) in [7, 11) is 0. The largest absolute Gasteiger partial charge is 0.507 e. The number of nitrogens with one attached hydrogen (secondary N) is 1. The van der Waals surface area contributed by atoms with Crippen LogP contribution in [0, 0.1) is 5.92 Å². The van der Waals surface area contributed by atoms with Crippen molar-refractivity contribution in [1.82, 2.24) is 5.43 Å². The number of phenols is 1. The molecule has 2 N–H and O–H groups in total. The summed E-state index contributed by atoms with van der Waals surface area (Å²) in [6, 6.07) is 20.0. The number of fused-ring (bicyclic) bond motifs is 1. The third-order valence-corrected chi connectivity index (χ3v) is 5.96. The summed E-state index contributed by atoms with van der Waals surface area (Å²) in [6.45, 7) is 8.38. The summed E-state index contributed by atoms with van der Waals surface area (Å²) in [5.74, 6) is 0.321. The number of carbonyl (C=O) groups is 1. The predicted molar refractivity (Wildman–Crippen MR) is 122 cm³/mol.